The van der Waals surface area contributed by atoms with Crippen LogP contribution in [-0.4, -0.2) is 16.5 Å². The van der Waals surface area contributed by atoms with E-state index in [1.54, 1.807) is 0 Å². The van der Waals surface area contributed by atoms with Crippen LogP contribution in [-0.2, 0) is 6.18 Å². The van der Waals surface area contributed by atoms with Crippen molar-refractivity contribution in [2.24, 2.45) is 0 Å². The standard InChI is InChI=1S/C18H15F3N2O2/c1-11-17(14-4-2-3-5-16(14)22-11)15(10-23(24)25)12-6-8-13(9-7-12)18(19,20)21/h2-9,15,22H,10H2,1H3/t15-/m0/s1. The average molecular weight is 348 g/mol. The maximum atomic E-state index is 12.8. The van der Waals surface area contributed by atoms with E-state index in [-0.39, 0.29) is 0 Å². The number of aromatic nitrogens is 1. The molecule has 1 heterocycles. The number of halogens is 3. The van der Waals surface area contributed by atoms with Gasteiger partial charge in [-0.25, -0.2) is 0 Å². The summed E-state index contributed by atoms with van der Waals surface area (Å²) in [6, 6.07) is 12.0. The number of nitrogens with one attached hydrogen (secondary N) is 1. The zero-order chi connectivity index (χ0) is 18.2. The van der Waals surface area contributed by atoms with Crippen molar-refractivity contribution in [3.05, 3.63) is 81.0 Å². The van der Waals surface area contributed by atoms with Gasteiger partial charge in [-0.05, 0) is 36.2 Å². The van der Waals surface area contributed by atoms with Crippen molar-refractivity contribution in [3.8, 4) is 0 Å². The molecular weight excluding hydrogens is 333 g/mol. The fourth-order valence-corrected chi connectivity index (χ4v) is 3.16. The molecule has 0 amide bonds. The summed E-state index contributed by atoms with van der Waals surface area (Å²) in [7, 11) is 0. The van der Waals surface area contributed by atoms with Crippen molar-refractivity contribution in [3.63, 3.8) is 0 Å². The molecule has 0 unspecified atom stereocenters. The lowest BCUT2D eigenvalue weighted by atomic mass is 9.89. The third-order valence-electron chi connectivity index (χ3n) is 4.26. The van der Waals surface area contributed by atoms with Gasteiger partial charge in [0.15, 0.2) is 0 Å². The van der Waals surface area contributed by atoms with Crippen molar-refractivity contribution in [2.45, 2.75) is 19.0 Å². The molecule has 0 saturated heterocycles. The molecular formula is C18H15F3N2O2. The highest BCUT2D eigenvalue weighted by Gasteiger charge is 2.31. The van der Waals surface area contributed by atoms with Gasteiger partial charge < -0.3 is 4.98 Å². The number of aromatic amines is 1. The predicted octanol–water partition coefficient (Wildman–Crippen LogP) is 4.90. The van der Waals surface area contributed by atoms with Gasteiger partial charge in [-0.1, -0.05) is 30.3 Å². The van der Waals surface area contributed by atoms with Crippen LogP contribution < -0.4 is 0 Å². The number of hydrogen-bond donors (Lipinski definition) is 1. The third-order valence-corrected chi connectivity index (χ3v) is 4.26. The molecule has 0 aliphatic carbocycles. The number of rotatable bonds is 4. The minimum absolute atomic E-state index is 0.395. The van der Waals surface area contributed by atoms with E-state index in [0.29, 0.717) is 5.56 Å². The van der Waals surface area contributed by atoms with Gasteiger partial charge in [0.2, 0.25) is 6.54 Å². The van der Waals surface area contributed by atoms with Crippen molar-refractivity contribution in [1.29, 1.82) is 0 Å². The Morgan fingerprint density at radius 1 is 1.12 bits per heavy atom. The third kappa shape index (κ3) is 3.35. The second-order valence-electron chi connectivity index (χ2n) is 5.90. The fraction of sp³-hybridized carbons (Fsp3) is 0.222. The first-order valence-electron chi connectivity index (χ1n) is 7.63. The molecule has 1 N–H and O–H groups in total. The largest absolute Gasteiger partial charge is 0.416 e. The normalized spacial score (nSPS) is 13.1. The van der Waals surface area contributed by atoms with E-state index in [1.165, 1.54) is 12.1 Å². The van der Waals surface area contributed by atoms with Crippen molar-refractivity contribution < 1.29 is 18.1 Å². The Bertz CT molecular complexity index is 914. The van der Waals surface area contributed by atoms with Crippen LogP contribution in [0.2, 0.25) is 0 Å². The Balaban J connectivity index is 2.11. The van der Waals surface area contributed by atoms with Crippen LogP contribution in [0.25, 0.3) is 10.9 Å². The van der Waals surface area contributed by atoms with E-state index < -0.39 is 29.1 Å². The molecule has 4 nitrogen and oxygen atoms in total. The molecule has 0 radical (unpaired) electrons. The molecule has 3 aromatic rings. The van der Waals surface area contributed by atoms with Crippen LogP contribution in [0, 0.1) is 17.0 Å². The first kappa shape index (κ1) is 17.0. The Labute approximate surface area is 141 Å². The summed E-state index contributed by atoms with van der Waals surface area (Å²) in [4.78, 5) is 13.9. The maximum absolute atomic E-state index is 12.8. The van der Waals surface area contributed by atoms with Crippen LogP contribution in [0.1, 0.15) is 28.3 Å². The highest BCUT2D eigenvalue weighted by molar-refractivity contribution is 5.85. The van der Waals surface area contributed by atoms with E-state index in [9.17, 15) is 23.3 Å². The summed E-state index contributed by atoms with van der Waals surface area (Å²) in [6.07, 6.45) is -4.44. The van der Waals surface area contributed by atoms with Crippen molar-refractivity contribution in [1.82, 2.24) is 4.98 Å². The molecule has 2 aromatic carbocycles. The highest BCUT2D eigenvalue weighted by Crippen LogP contribution is 2.35. The maximum Gasteiger partial charge on any atom is 0.416 e. The SMILES string of the molecule is Cc1[nH]c2ccccc2c1[C@@H](C[N+](=O)[O-])c1ccc(C(F)(F)F)cc1. The lowest BCUT2D eigenvalue weighted by Crippen LogP contribution is -2.15. The Kier molecular flexibility index (Phi) is 4.24. The number of H-pyrrole nitrogens is 1. The first-order chi connectivity index (χ1) is 11.8. The Morgan fingerprint density at radius 2 is 1.76 bits per heavy atom. The van der Waals surface area contributed by atoms with Crippen molar-refractivity contribution in [2.75, 3.05) is 6.54 Å². The topological polar surface area (TPSA) is 58.9 Å². The average Bonchev–Trinajstić information content (AvgIpc) is 2.87. The van der Waals surface area contributed by atoms with Crippen LogP contribution in [0.3, 0.4) is 0 Å². The van der Waals surface area contributed by atoms with Gasteiger partial charge in [0.1, 0.15) is 0 Å². The van der Waals surface area contributed by atoms with E-state index in [0.717, 1.165) is 34.3 Å². The number of alkyl halides is 3. The molecule has 1 aromatic heterocycles. The molecule has 7 heteroatoms. The molecule has 3 rings (SSSR count). The Morgan fingerprint density at radius 3 is 2.36 bits per heavy atom. The van der Waals surface area contributed by atoms with Gasteiger partial charge in [-0.15, -0.1) is 0 Å². The van der Waals surface area contributed by atoms with E-state index >= 15 is 0 Å². The smallest absolute Gasteiger partial charge is 0.358 e. The van der Waals surface area contributed by atoms with Gasteiger partial charge in [-0.3, -0.25) is 10.1 Å². The van der Waals surface area contributed by atoms with E-state index in [1.807, 2.05) is 31.2 Å². The molecule has 0 spiro atoms. The molecule has 0 aliphatic heterocycles. The molecule has 130 valence electrons. The molecule has 1 atom stereocenters. The number of para-hydroxylation sites is 1. The molecule has 25 heavy (non-hydrogen) atoms. The molecule has 0 aliphatic rings. The zero-order valence-electron chi connectivity index (χ0n) is 13.3. The summed E-state index contributed by atoms with van der Waals surface area (Å²) in [5, 5.41) is 12.0. The minimum atomic E-state index is -4.44. The van der Waals surface area contributed by atoms with Gasteiger partial charge in [0.05, 0.1) is 11.5 Å². The molecule has 0 fully saturated rings. The number of hydrogen-bond acceptors (Lipinski definition) is 2. The lowest BCUT2D eigenvalue weighted by Gasteiger charge is -2.16. The highest BCUT2D eigenvalue weighted by atomic mass is 19.4. The molecule has 0 saturated carbocycles. The second-order valence-corrected chi connectivity index (χ2v) is 5.90. The van der Waals surface area contributed by atoms with Crippen molar-refractivity contribution >= 4 is 10.9 Å². The lowest BCUT2D eigenvalue weighted by molar-refractivity contribution is -0.481. The summed E-state index contributed by atoms with van der Waals surface area (Å²) >= 11 is 0. The van der Waals surface area contributed by atoms with Gasteiger partial charge in [0, 0.05) is 21.5 Å². The van der Waals surface area contributed by atoms with Crippen LogP contribution >= 0.6 is 0 Å². The van der Waals surface area contributed by atoms with E-state index in [4.69, 9.17) is 0 Å². The number of benzene rings is 2. The predicted molar refractivity (Wildman–Crippen MR) is 88.2 cm³/mol. The second kappa shape index (κ2) is 6.23. The first-order valence-corrected chi connectivity index (χ1v) is 7.63. The number of nitro groups is 1. The van der Waals surface area contributed by atoms with Gasteiger partial charge >= 0.3 is 6.18 Å². The summed E-state index contributed by atoms with van der Waals surface area (Å²) in [6.45, 7) is 1.42. The van der Waals surface area contributed by atoms with Gasteiger partial charge in [-0.2, -0.15) is 13.2 Å². The quantitative estimate of drug-likeness (QED) is 0.538. The number of fused-ring (bicyclic) bond motifs is 1. The number of aryl methyl sites for hydroxylation is 1. The van der Waals surface area contributed by atoms with Crippen LogP contribution in [0.5, 0.6) is 0 Å². The summed E-state index contributed by atoms with van der Waals surface area (Å²) in [5.74, 6) is -0.631. The summed E-state index contributed by atoms with van der Waals surface area (Å²) in [5.41, 5.74) is 2.07. The zero-order valence-corrected chi connectivity index (χ0v) is 13.3. The monoisotopic (exact) mass is 348 g/mol. The fourth-order valence-electron chi connectivity index (χ4n) is 3.16. The van der Waals surface area contributed by atoms with Gasteiger partial charge in [0.25, 0.3) is 0 Å². The Hall–Kier alpha value is -2.83. The van der Waals surface area contributed by atoms with Crippen LogP contribution in [0.15, 0.2) is 48.5 Å². The molecule has 0 bridgehead atoms. The van der Waals surface area contributed by atoms with E-state index in [2.05, 4.69) is 4.98 Å². The number of nitrogens with zero attached hydrogens (tertiary/aromatic N) is 1. The summed E-state index contributed by atoms with van der Waals surface area (Å²) < 4.78 is 38.3. The van der Waals surface area contributed by atoms with Crippen LogP contribution in [0.4, 0.5) is 13.2 Å². The minimum Gasteiger partial charge on any atom is -0.358 e.